The Labute approximate surface area is 94.1 Å². The van der Waals surface area contributed by atoms with Gasteiger partial charge in [0.2, 0.25) is 5.09 Å². The molecule has 1 aromatic heterocycles. The van der Waals surface area contributed by atoms with Gasteiger partial charge < -0.3 is 4.42 Å². The molecule has 0 aliphatic carbocycles. The summed E-state index contributed by atoms with van der Waals surface area (Å²) >= 11 is 0. The molecule has 2 rings (SSSR count). The molecule has 0 amide bonds. The highest BCUT2D eigenvalue weighted by Crippen LogP contribution is 2.20. The number of Topliss-reactive ketones (excluding diaryl/α,β-unsaturated/α-hetero) is 1. The van der Waals surface area contributed by atoms with Crippen molar-refractivity contribution in [3.05, 3.63) is 17.9 Å². The Morgan fingerprint density at radius 3 is 2.69 bits per heavy atom. The van der Waals surface area contributed by atoms with Crippen molar-refractivity contribution in [1.82, 2.24) is 4.31 Å². The lowest BCUT2D eigenvalue weighted by atomic mass is 10.1. The molecule has 6 heteroatoms. The van der Waals surface area contributed by atoms with Gasteiger partial charge in [0.05, 0.1) is 6.54 Å². The van der Waals surface area contributed by atoms with E-state index in [0.717, 1.165) is 0 Å². The van der Waals surface area contributed by atoms with E-state index in [9.17, 15) is 13.2 Å². The first kappa shape index (κ1) is 11.3. The standard InChI is InChI=1S/C10H13NO4S/c1-8-4-5-10(15-8)16(13,14)11-6-2-3-9(12)7-11/h4-5H,2-3,6-7H2,1H3. The molecule has 1 aliphatic rings. The van der Waals surface area contributed by atoms with E-state index in [1.807, 2.05) is 0 Å². The highest BCUT2D eigenvalue weighted by molar-refractivity contribution is 7.89. The van der Waals surface area contributed by atoms with Gasteiger partial charge in [0.1, 0.15) is 11.5 Å². The normalized spacial score (nSPS) is 18.9. The monoisotopic (exact) mass is 243 g/mol. The number of hydrogen-bond acceptors (Lipinski definition) is 4. The molecule has 5 nitrogen and oxygen atoms in total. The zero-order valence-electron chi connectivity index (χ0n) is 8.97. The number of furan rings is 1. The highest BCUT2D eigenvalue weighted by atomic mass is 32.2. The topological polar surface area (TPSA) is 67.6 Å². The molecule has 1 saturated heterocycles. The zero-order chi connectivity index (χ0) is 11.8. The summed E-state index contributed by atoms with van der Waals surface area (Å²) in [6.45, 7) is 2.02. The molecule has 88 valence electrons. The third-order valence-corrected chi connectivity index (χ3v) is 4.25. The predicted octanol–water partition coefficient (Wildman–Crippen LogP) is 0.942. The first-order valence-corrected chi connectivity index (χ1v) is 6.52. The van der Waals surface area contributed by atoms with Crippen molar-refractivity contribution in [3.63, 3.8) is 0 Å². The molecule has 0 aromatic carbocycles. The SMILES string of the molecule is Cc1ccc(S(=O)(=O)N2CCCC(=O)C2)o1. The first-order valence-electron chi connectivity index (χ1n) is 5.08. The van der Waals surface area contributed by atoms with E-state index in [1.54, 1.807) is 13.0 Å². The lowest BCUT2D eigenvalue weighted by Gasteiger charge is -2.23. The van der Waals surface area contributed by atoms with Gasteiger partial charge in [-0.3, -0.25) is 4.79 Å². The van der Waals surface area contributed by atoms with Gasteiger partial charge in [-0.25, -0.2) is 8.42 Å². The van der Waals surface area contributed by atoms with E-state index in [0.29, 0.717) is 25.1 Å². The fourth-order valence-electron chi connectivity index (χ4n) is 1.69. The number of nitrogens with zero attached hydrogens (tertiary/aromatic N) is 1. The van der Waals surface area contributed by atoms with Crippen LogP contribution in [0.2, 0.25) is 0 Å². The molecule has 0 atom stereocenters. The molecule has 0 bridgehead atoms. The molecule has 1 aliphatic heterocycles. The van der Waals surface area contributed by atoms with E-state index in [4.69, 9.17) is 4.42 Å². The Morgan fingerprint density at radius 2 is 2.12 bits per heavy atom. The van der Waals surface area contributed by atoms with Crippen LogP contribution in [0.1, 0.15) is 18.6 Å². The molecule has 0 saturated carbocycles. The molecule has 16 heavy (non-hydrogen) atoms. The molecule has 2 heterocycles. The largest absolute Gasteiger partial charge is 0.449 e. The van der Waals surface area contributed by atoms with Crippen molar-refractivity contribution in [2.45, 2.75) is 24.9 Å². The van der Waals surface area contributed by atoms with Crippen LogP contribution in [-0.2, 0) is 14.8 Å². The number of aryl methyl sites for hydroxylation is 1. The van der Waals surface area contributed by atoms with Crippen LogP contribution >= 0.6 is 0 Å². The number of rotatable bonds is 2. The summed E-state index contributed by atoms with van der Waals surface area (Å²) in [7, 11) is -3.63. The quantitative estimate of drug-likeness (QED) is 0.775. The van der Waals surface area contributed by atoms with Crippen molar-refractivity contribution in [3.8, 4) is 0 Å². The molecule has 0 N–H and O–H groups in total. The van der Waals surface area contributed by atoms with Crippen LogP contribution in [0.5, 0.6) is 0 Å². The lowest BCUT2D eigenvalue weighted by molar-refractivity contribution is -0.120. The predicted molar refractivity (Wildman–Crippen MR) is 56.4 cm³/mol. The number of carbonyl (C=O) groups excluding carboxylic acids is 1. The van der Waals surface area contributed by atoms with Crippen LogP contribution in [0.3, 0.4) is 0 Å². The minimum atomic E-state index is -3.63. The van der Waals surface area contributed by atoms with Crippen molar-refractivity contribution in [1.29, 1.82) is 0 Å². The van der Waals surface area contributed by atoms with Gasteiger partial charge in [0.15, 0.2) is 0 Å². The van der Waals surface area contributed by atoms with Crippen LogP contribution < -0.4 is 0 Å². The summed E-state index contributed by atoms with van der Waals surface area (Å²) < 4.78 is 30.3. The Morgan fingerprint density at radius 1 is 1.38 bits per heavy atom. The second kappa shape index (κ2) is 4.03. The summed E-state index contributed by atoms with van der Waals surface area (Å²) in [5, 5.41) is -0.0836. The average Bonchev–Trinajstić information content (AvgIpc) is 2.65. The maximum atomic E-state index is 12.0. The summed E-state index contributed by atoms with van der Waals surface area (Å²) in [5.41, 5.74) is 0. The van der Waals surface area contributed by atoms with Gasteiger partial charge in [-0.15, -0.1) is 0 Å². The first-order chi connectivity index (χ1) is 7.50. The summed E-state index contributed by atoms with van der Waals surface area (Å²) in [6, 6.07) is 3.02. The summed E-state index contributed by atoms with van der Waals surface area (Å²) in [5.74, 6) is 0.500. The number of hydrogen-bond donors (Lipinski definition) is 0. The molecule has 0 unspecified atom stereocenters. The van der Waals surface area contributed by atoms with E-state index < -0.39 is 10.0 Å². The number of carbonyl (C=O) groups is 1. The van der Waals surface area contributed by atoms with Crippen molar-refractivity contribution < 1.29 is 17.6 Å². The third-order valence-electron chi connectivity index (χ3n) is 2.53. The second-order valence-corrected chi connectivity index (χ2v) is 5.71. The summed E-state index contributed by atoms with van der Waals surface area (Å²) in [4.78, 5) is 11.2. The van der Waals surface area contributed by atoms with Crippen molar-refractivity contribution in [2.24, 2.45) is 0 Å². The molecular weight excluding hydrogens is 230 g/mol. The number of sulfonamides is 1. The van der Waals surface area contributed by atoms with Crippen LogP contribution in [-0.4, -0.2) is 31.6 Å². The van der Waals surface area contributed by atoms with Gasteiger partial charge in [-0.2, -0.15) is 4.31 Å². The van der Waals surface area contributed by atoms with Crippen LogP contribution in [0.25, 0.3) is 0 Å². The fraction of sp³-hybridized carbons (Fsp3) is 0.500. The highest BCUT2D eigenvalue weighted by Gasteiger charge is 2.31. The van der Waals surface area contributed by atoms with Crippen molar-refractivity contribution >= 4 is 15.8 Å². The van der Waals surface area contributed by atoms with E-state index in [2.05, 4.69) is 0 Å². The van der Waals surface area contributed by atoms with Gasteiger partial charge in [-0.1, -0.05) is 0 Å². The van der Waals surface area contributed by atoms with Crippen LogP contribution in [0.15, 0.2) is 21.6 Å². The molecular formula is C10H13NO4S. The Hall–Kier alpha value is -1.14. The smallest absolute Gasteiger partial charge is 0.276 e. The van der Waals surface area contributed by atoms with Crippen LogP contribution in [0, 0.1) is 6.92 Å². The zero-order valence-corrected chi connectivity index (χ0v) is 9.79. The minimum absolute atomic E-state index is 0.0396. The Kier molecular flexibility index (Phi) is 2.86. The molecule has 1 aromatic rings. The van der Waals surface area contributed by atoms with E-state index in [1.165, 1.54) is 10.4 Å². The lowest BCUT2D eigenvalue weighted by Crippen LogP contribution is -2.39. The fourth-order valence-corrected chi connectivity index (χ4v) is 3.11. The maximum Gasteiger partial charge on any atom is 0.276 e. The van der Waals surface area contributed by atoms with E-state index in [-0.39, 0.29) is 17.4 Å². The van der Waals surface area contributed by atoms with Gasteiger partial charge in [0, 0.05) is 13.0 Å². The summed E-state index contributed by atoms with van der Waals surface area (Å²) in [6.07, 6.45) is 1.04. The Bertz CT molecular complexity index is 503. The van der Waals surface area contributed by atoms with Crippen LogP contribution in [0.4, 0.5) is 0 Å². The van der Waals surface area contributed by atoms with Gasteiger partial charge in [-0.05, 0) is 25.5 Å². The average molecular weight is 243 g/mol. The van der Waals surface area contributed by atoms with E-state index >= 15 is 0 Å². The minimum Gasteiger partial charge on any atom is -0.449 e. The van der Waals surface area contributed by atoms with Crippen molar-refractivity contribution in [2.75, 3.05) is 13.1 Å². The maximum absolute atomic E-state index is 12.0. The number of piperidine rings is 1. The Balaban J connectivity index is 2.28. The van der Waals surface area contributed by atoms with Gasteiger partial charge >= 0.3 is 0 Å². The molecule has 0 spiro atoms. The van der Waals surface area contributed by atoms with Gasteiger partial charge in [0.25, 0.3) is 10.0 Å². The molecule has 1 fully saturated rings. The number of ketones is 1. The third kappa shape index (κ3) is 2.03. The molecule has 0 radical (unpaired) electrons. The second-order valence-electron chi connectivity index (χ2n) is 3.85.